The molecule has 4 aromatic rings. The monoisotopic (exact) mass is 457 g/mol. The number of nitrogens with two attached hydrogens (primary N) is 1. The highest BCUT2D eigenvalue weighted by Gasteiger charge is 2.16. The van der Waals surface area contributed by atoms with Crippen LogP contribution in [0.5, 0.6) is 5.75 Å². The van der Waals surface area contributed by atoms with Gasteiger partial charge in [0.15, 0.2) is 0 Å². The molecule has 4 rings (SSSR count). The SMILES string of the molecule is COc1cc(N=Nc2ccc(-c3cc(C(=O)O)c4cc([N+](=O)[O-])ccc4n3)cc2)c(C)cc1N. The van der Waals surface area contributed by atoms with E-state index in [0.717, 1.165) is 5.56 Å². The van der Waals surface area contributed by atoms with Crippen molar-refractivity contribution in [3.05, 3.63) is 81.9 Å². The molecule has 1 heterocycles. The number of hydrogen-bond acceptors (Lipinski definition) is 8. The highest BCUT2D eigenvalue weighted by Crippen LogP contribution is 2.32. The molecular weight excluding hydrogens is 438 g/mol. The Morgan fingerprint density at radius 3 is 2.47 bits per heavy atom. The van der Waals surface area contributed by atoms with Gasteiger partial charge in [-0.1, -0.05) is 12.1 Å². The number of hydrogen-bond donors (Lipinski definition) is 2. The Bertz CT molecular complexity index is 1470. The highest BCUT2D eigenvalue weighted by molar-refractivity contribution is 6.04. The number of nitrogen functional groups attached to an aromatic ring is 1. The van der Waals surface area contributed by atoms with Crippen molar-refractivity contribution in [2.24, 2.45) is 10.2 Å². The molecule has 0 aliphatic carbocycles. The Morgan fingerprint density at radius 1 is 1.09 bits per heavy atom. The van der Waals surface area contributed by atoms with E-state index in [2.05, 4.69) is 15.2 Å². The lowest BCUT2D eigenvalue weighted by Crippen LogP contribution is -2.01. The summed E-state index contributed by atoms with van der Waals surface area (Å²) < 4.78 is 5.22. The predicted molar refractivity (Wildman–Crippen MR) is 127 cm³/mol. The molecule has 10 heteroatoms. The van der Waals surface area contributed by atoms with Crippen molar-refractivity contribution in [1.82, 2.24) is 4.98 Å². The van der Waals surface area contributed by atoms with Crippen LogP contribution < -0.4 is 10.5 Å². The average Bonchev–Trinajstić information content (AvgIpc) is 2.82. The van der Waals surface area contributed by atoms with E-state index in [9.17, 15) is 20.0 Å². The molecule has 0 unspecified atom stereocenters. The number of pyridine rings is 1. The van der Waals surface area contributed by atoms with Crippen molar-refractivity contribution < 1.29 is 19.6 Å². The van der Waals surface area contributed by atoms with Gasteiger partial charge in [0.1, 0.15) is 5.75 Å². The third-order valence-electron chi connectivity index (χ3n) is 5.22. The van der Waals surface area contributed by atoms with Gasteiger partial charge >= 0.3 is 5.97 Å². The number of benzene rings is 3. The van der Waals surface area contributed by atoms with E-state index in [1.165, 1.54) is 31.4 Å². The van der Waals surface area contributed by atoms with Gasteiger partial charge in [0.05, 0.1) is 45.9 Å². The van der Waals surface area contributed by atoms with Crippen molar-refractivity contribution in [3.8, 4) is 17.0 Å². The smallest absolute Gasteiger partial charge is 0.336 e. The van der Waals surface area contributed by atoms with Gasteiger partial charge in [-0.3, -0.25) is 10.1 Å². The maximum Gasteiger partial charge on any atom is 0.336 e. The molecule has 0 radical (unpaired) electrons. The molecule has 0 bridgehead atoms. The van der Waals surface area contributed by atoms with Crippen LogP contribution in [0.1, 0.15) is 15.9 Å². The molecule has 0 saturated heterocycles. The number of carbonyl (C=O) groups is 1. The lowest BCUT2D eigenvalue weighted by molar-refractivity contribution is -0.384. The Balaban J connectivity index is 1.67. The summed E-state index contributed by atoms with van der Waals surface area (Å²) in [6.45, 7) is 1.87. The molecule has 0 atom stereocenters. The minimum Gasteiger partial charge on any atom is -0.495 e. The molecule has 0 aliphatic heterocycles. The summed E-state index contributed by atoms with van der Waals surface area (Å²) >= 11 is 0. The summed E-state index contributed by atoms with van der Waals surface area (Å²) in [6, 6.07) is 15.8. The van der Waals surface area contributed by atoms with Crippen LogP contribution in [-0.4, -0.2) is 28.1 Å². The second-order valence-electron chi connectivity index (χ2n) is 7.45. The van der Waals surface area contributed by atoms with Crippen molar-refractivity contribution in [1.29, 1.82) is 0 Å². The summed E-state index contributed by atoms with van der Waals surface area (Å²) in [7, 11) is 1.53. The number of methoxy groups -OCH3 is 1. The Labute approximate surface area is 193 Å². The summed E-state index contributed by atoms with van der Waals surface area (Å²) in [5, 5.41) is 29.4. The van der Waals surface area contributed by atoms with Gasteiger partial charge in [0.25, 0.3) is 5.69 Å². The number of nitro benzene ring substituents is 1. The molecule has 3 aromatic carbocycles. The molecular formula is C24H19N5O5. The van der Waals surface area contributed by atoms with E-state index >= 15 is 0 Å². The van der Waals surface area contributed by atoms with Gasteiger partial charge in [-0.05, 0) is 42.8 Å². The predicted octanol–water partition coefficient (Wildman–Crippen LogP) is 5.82. The number of aromatic carboxylic acids is 1. The summed E-state index contributed by atoms with van der Waals surface area (Å²) in [4.78, 5) is 26.8. The van der Waals surface area contributed by atoms with Crippen LogP contribution >= 0.6 is 0 Å². The second-order valence-corrected chi connectivity index (χ2v) is 7.45. The summed E-state index contributed by atoms with van der Waals surface area (Å²) in [6.07, 6.45) is 0. The van der Waals surface area contributed by atoms with Crippen molar-refractivity contribution in [3.63, 3.8) is 0 Å². The summed E-state index contributed by atoms with van der Waals surface area (Å²) in [5.41, 5.74) is 9.60. The van der Waals surface area contributed by atoms with Gasteiger partial charge in [-0.15, -0.1) is 0 Å². The van der Waals surface area contributed by atoms with Crippen LogP contribution in [0.25, 0.3) is 22.2 Å². The van der Waals surface area contributed by atoms with Gasteiger partial charge in [-0.25, -0.2) is 9.78 Å². The first kappa shape index (κ1) is 22.3. The van der Waals surface area contributed by atoms with Gasteiger partial charge < -0.3 is 15.6 Å². The van der Waals surface area contributed by atoms with E-state index in [0.29, 0.717) is 39.6 Å². The van der Waals surface area contributed by atoms with Crippen LogP contribution in [0.4, 0.5) is 22.7 Å². The second kappa shape index (κ2) is 8.94. The number of fused-ring (bicyclic) bond motifs is 1. The maximum absolute atomic E-state index is 11.8. The molecule has 0 saturated carbocycles. The van der Waals surface area contributed by atoms with E-state index in [1.807, 2.05) is 6.92 Å². The van der Waals surface area contributed by atoms with Gasteiger partial charge in [0, 0.05) is 29.1 Å². The standard InChI is InChI=1S/C24H19N5O5/c1-13-9-19(25)23(34-2)12-21(13)28-27-15-5-3-14(4-6-15)22-11-18(24(30)31)17-10-16(29(32)33)7-8-20(17)26-22/h3-12H,25H2,1-2H3,(H,30,31). The first-order valence-electron chi connectivity index (χ1n) is 10.1. The Hall–Kier alpha value is -4.86. The van der Waals surface area contributed by atoms with Crippen LogP contribution in [0, 0.1) is 17.0 Å². The van der Waals surface area contributed by atoms with E-state index in [1.54, 1.807) is 36.4 Å². The number of azo groups is 1. The average molecular weight is 457 g/mol. The number of aromatic nitrogens is 1. The number of rotatable bonds is 6. The number of anilines is 1. The fraction of sp³-hybridized carbons (Fsp3) is 0.0833. The van der Waals surface area contributed by atoms with Crippen molar-refractivity contribution in [2.75, 3.05) is 12.8 Å². The Morgan fingerprint density at radius 2 is 1.82 bits per heavy atom. The Kier molecular flexibility index (Phi) is 5.88. The van der Waals surface area contributed by atoms with Crippen LogP contribution in [0.2, 0.25) is 0 Å². The number of non-ortho nitro benzene ring substituents is 1. The van der Waals surface area contributed by atoms with Crippen LogP contribution in [-0.2, 0) is 0 Å². The fourth-order valence-corrected chi connectivity index (χ4v) is 3.45. The highest BCUT2D eigenvalue weighted by atomic mass is 16.6. The number of carboxylic acid groups (broad SMARTS) is 1. The van der Waals surface area contributed by atoms with Gasteiger partial charge in [0.2, 0.25) is 0 Å². The first-order valence-corrected chi connectivity index (χ1v) is 10.1. The molecule has 170 valence electrons. The lowest BCUT2D eigenvalue weighted by atomic mass is 10.0. The van der Waals surface area contributed by atoms with Crippen molar-refractivity contribution in [2.45, 2.75) is 6.92 Å². The number of carboxylic acids is 1. The zero-order valence-corrected chi connectivity index (χ0v) is 18.2. The van der Waals surface area contributed by atoms with E-state index in [4.69, 9.17) is 10.5 Å². The number of ether oxygens (including phenoxy) is 1. The molecule has 0 aliphatic rings. The topological polar surface area (TPSA) is 153 Å². The van der Waals surface area contributed by atoms with E-state index in [-0.39, 0.29) is 16.6 Å². The zero-order valence-electron chi connectivity index (χ0n) is 18.2. The molecule has 0 spiro atoms. The summed E-state index contributed by atoms with van der Waals surface area (Å²) in [5.74, 6) is -0.689. The molecule has 0 fully saturated rings. The molecule has 34 heavy (non-hydrogen) atoms. The molecule has 3 N–H and O–H groups in total. The minimum absolute atomic E-state index is 0.0692. The van der Waals surface area contributed by atoms with Crippen LogP contribution in [0.15, 0.2) is 70.9 Å². The van der Waals surface area contributed by atoms with Crippen molar-refractivity contribution >= 4 is 39.6 Å². The molecule has 0 amide bonds. The number of aryl methyl sites for hydroxylation is 1. The fourth-order valence-electron chi connectivity index (χ4n) is 3.45. The molecule has 10 nitrogen and oxygen atoms in total. The zero-order chi connectivity index (χ0) is 24.4. The third kappa shape index (κ3) is 4.37. The van der Waals surface area contributed by atoms with E-state index < -0.39 is 10.9 Å². The third-order valence-corrected chi connectivity index (χ3v) is 5.22. The minimum atomic E-state index is -1.20. The number of nitrogens with zero attached hydrogens (tertiary/aromatic N) is 4. The van der Waals surface area contributed by atoms with Gasteiger partial charge in [-0.2, -0.15) is 10.2 Å². The molecule has 1 aromatic heterocycles. The van der Waals surface area contributed by atoms with Crippen LogP contribution in [0.3, 0.4) is 0 Å². The normalized spacial score (nSPS) is 11.1. The quantitative estimate of drug-likeness (QED) is 0.160. The first-order chi connectivity index (χ1) is 16.3. The maximum atomic E-state index is 11.8. The largest absolute Gasteiger partial charge is 0.495 e. The lowest BCUT2D eigenvalue weighted by Gasteiger charge is -2.08. The number of nitro groups is 1.